The SMILES string of the molecule is Cc1cc2c(NN=C(C#N)C#N)cccc2nn1. The topological polar surface area (TPSA) is 97.8 Å². The Morgan fingerprint density at radius 2 is 2.06 bits per heavy atom. The Bertz CT molecular complexity index is 689. The monoisotopic (exact) mass is 236 g/mol. The molecule has 1 N–H and O–H groups in total. The normalized spacial score (nSPS) is 9.28. The molecule has 0 amide bonds. The van der Waals surface area contributed by atoms with Crippen LogP contribution in [0, 0.1) is 29.6 Å². The highest BCUT2D eigenvalue weighted by atomic mass is 15.3. The Morgan fingerprint density at radius 1 is 1.28 bits per heavy atom. The van der Waals surface area contributed by atoms with E-state index in [4.69, 9.17) is 10.5 Å². The third-order valence-corrected chi connectivity index (χ3v) is 2.25. The number of benzene rings is 1. The van der Waals surface area contributed by atoms with Gasteiger partial charge in [-0.15, -0.1) is 0 Å². The van der Waals surface area contributed by atoms with Crippen molar-refractivity contribution in [3.05, 3.63) is 30.0 Å². The van der Waals surface area contributed by atoms with E-state index in [1.165, 1.54) is 0 Å². The lowest BCUT2D eigenvalue weighted by molar-refractivity contribution is 1.02. The first-order chi connectivity index (χ1) is 8.74. The predicted octanol–water partition coefficient (Wildman–Crippen LogP) is 1.75. The largest absolute Gasteiger partial charge is 0.276 e. The lowest BCUT2D eigenvalue weighted by Crippen LogP contribution is -1.98. The van der Waals surface area contributed by atoms with Gasteiger partial charge in [-0.3, -0.25) is 5.43 Å². The van der Waals surface area contributed by atoms with Crippen molar-refractivity contribution in [3.8, 4) is 12.1 Å². The minimum absolute atomic E-state index is 0.231. The van der Waals surface area contributed by atoms with Crippen LogP contribution < -0.4 is 5.43 Å². The molecule has 1 aromatic heterocycles. The number of rotatable bonds is 2. The van der Waals surface area contributed by atoms with Gasteiger partial charge >= 0.3 is 0 Å². The second-order valence-corrected chi connectivity index (χ2v) is 3.52. The summed E-state index contributed by atoms with van der Waals surface area (Å²) in [5.74, 6) is 0. The molecule has 18 heavy (non-hydrogen) atoms. The van der Waals surface area contributed by atoms with Crippen molar-refractivity contribution in [3.63, 3.8) is 0 Å². The van der Waals surface area contributed by atoms with E-state index in [9.17, 15) is 0 Å². The van der Waals surface area contributed by atoms with Gasteiger partial charge in [0.15, 0.2) is 0 Å². The quantitative estimate of drug-likeness (QED) is 0.632. The molecule has 0 aliphatic rings. The van der Waals surface area contributed by atoms with E-state index in [-0.39, 0.29) is 5.71 Å². The summed E-state index contributed by atoms with van der Waals surface area (Å²) in [6.07, 6.45) is 0. The summed E-state index contributed by atoms with van der Waals surface area (Å²) in [6.45, 7) is 1.84. The molecule has 0 saturated heterocycles. The lowest BCUT2D eigenvalue weighted by Gasteiger charge is -2.04. The fourth-order valence-corrected chi connectivity index (χ4v) is 1.45. The average Bonchev–Trinajstić information content (AvgIpc) is 2.40. The molecule has 6 heteroatoms. The van der Waals surface area contributed by atoms with Crippen molar-refractivity contribution in [2.24, 2.45) is 5.10 Å². The molecule has 0 unspecified atom stereocenters. The van der Waals surface area contributed by atoms with E-state index < -0.39 is 0 Å². The summed E-state index contributed by atoms with van der Waals surface area (Å²) in [6, 6.07) is 10.6. The van der Waals surface area contributed by atoms with Gasteiger partial charge in [0.2, 0.25) is 5.71 Å². The summed E-state index contributed by atoms with van der Waals surface area (Å²) in [5.41, 5.74) is 4.63. The Labute approximate surface area is 103 Å². The summed E-state index contributed by atoms with van der Waals surface area (Å²) in [7, 11) is 0. The molecule has 0 bridgehead atoms. The van der Waals surface area contributed by atoms with Crippen molar-refractivity contribution < 1.29 is 0 Å². The molecule has 2 rings (SSSR count). The molecule has 1 heterocycles. The summed E-state index contributed by atoms with van der Waals surface area (Å²) in [5, 5.41) is 29.7. The first-order valence-corrected chi connectivity index (χ1v) is 5.11. The van der Waals surface area contributed by atoms with Gasteiger partial charge in [-0.2, -0.15) is 25.8 Å². The van der Waals surface area contributed by atoms with E-state index in [0.29, 0.717) is 5.69 Å². The molecule has 0 atom stereocenters. The van der Waals surface area contributed by atoms with E-state index in [1.54, 1.807) is 24.3 Å². The fourth-order valence-electron chi connectivity index (χ4n) is 1.45. The van der Waals surface area contributed by atoms with Crippen molar-refractivity contribution in [2.75, 3.05) is 5.43 Å². The molecule has 6 nitrogen and oxygen atoms in total. The number of aryl methyl sites for hydroxylation is 1. The van der Waals surface area contributed by atoms with Crippen LogP contribution in [-0.2, 0) is 0 Å². The maximum Gasteiger partial charge on any atom is 0.237 e. The van der Waals surface area contributed by atoms with E-state index >= 15 is 0 Å². The third kappa shape index (κ3) is 2.23. The number of hydrogen-bond donors (Lipinski definition) is 1. The molecule has 0 fully saturated rings. The number of nitrogens with zero attached hydrogens (tertiary/aromatic N) is 5. The van der Waals surface area contributed by atoms with Crippen molar-refractivity contribution in [1.82, 2.24) is 10.2 Å². The van der Waals surface area contributed by atoms with Crippen LogP contribution in [0.25, 0.3) is 10.9 Å². The average molecular weight is 236 g/mol. The highest BCUT2D eigenvalue weighted by Gasteiger charge is 2.02. The first kappa shape index (κ1) is 11.5. The number of fused-ring (bicyclic) bond motifs is 1. The highest BCUT2D eigenvalue weighted by molar-refractivity contribution is 6.10. The van der Waals surface area contributed by atoms with Crippen molar-refractivity contribution >= 4 is 22.3 Å². The molecule has 86 valence electrons. The summed E-state index contributed by atoms with van der Waals surface area (Å²) in [4.78, 5) is 0. The fraction of sp³-hybridized carbons (Fsp3) is 0.0833. The Morgan fingerprint density at radius 3 is 2.78 bits per heavy atom. The Hall–Kier alpha value is -2.99. The molecule has 1 aromatic carbocycles. The number of anilines is 1. The van der Waals surface area contributed by atoms with Crippen LogP contribution in [0.5, 0.6) is 0 Å². The lowest BCUT2D eigenvalue weighted by atomic mass is 10.2. The molecular weight excluding hydrogens is 228 g/mol. The van der Waals surface area contributed by atoms with Crippen LogP contribution in [0.15, 0.2) is 29.4 Å². The van der Waals surface area contributed by atoms with E-state index in [2.05, 4.69) is 20.7 Å². The van der Waals surface area contributed by atoms with Gasteiger partial charge in [-0.1, -0.05) is 6.07 Å². The molecule has 0 spiro atoms. The van der Waals surface area contributed by atoms with Gasteiger partial charge < -0.3 is 0 Å². The smallest absolute Gasteiger partial charge is 0.237 e. The van der Waals surface area contributed by atoms with Crippen molar-refractivity contribution in [1.29, 1.82) is 10.5 Å². The molecular formula is C12H8N6. The van der Waals surface area contributed by atoms with E-state index in [0.717, 1.165) is 16.6 Å². The third-order valence-electron chi connectivity index (χ3n) is 2.25. The zero-order valence-electron chi connectivity index (χ0n) is 9.55. The molecule has 0 radical (unpaired) electrons. The van der Waals surface area contributed by atoms with Gasteiger partial charge in [-0.25, -0.2) is 0 Å². The summed E-state index contributed by atoms with van der Waals surface area (Å²) < 4.78 is 0. The first-order valence-electron chi connectivity index (χ1n) is 5.11. The second kappa shape index (κ2) is 4.89. The molecule has 2 aromatic rings. The van der Waals surface area contributed by atoms with Crippen LogP contribution in [-0.4, -0.2) is 15.9 Å². The minimum Gasteiger partial charge on any atom is -0.276 e. The molecule has 0 saturated carbocycles. The van der Waals surface area contributed by atoms with Crippen molar-refractivity contribution in [2.45, 2.75) is 6.92 Å². The van der Waals surface area contributed by atoms with Gasteiger partial charge in [0.05, 0.1) is 16.9 Å². The van der Waals surface area contributed by atoms with Crippen LogP contribution in [0.1, 0.15) is 5.69 Å². The number of nitriles is 2. The number of nitrogens with one attached hydrogen (secondary N) is 1. The predicted molar refractivity (Wildman–Crippen MR) is 66.6 cm³/mol. The summed E-state index contributed by atoms with van der Waals surface area (Å²) >= 11 is 0. The van der Waals surface area contributed by atoms with Gasteiger partial charge in [-0.05, 0) is 25.1 Å². The van der Waals surface area contributed by atoms with E-state index in [1.807, 2.05) is 19.1 Å². The maximum absolute atomic E-state index is 8.60. The number of aromatic nitrogens is 2. The van der Waals surface area contributed by atoms with Gasteiger partial charge in [0.1, 0.15) is 12.1 Å². The van der Waals surface area contributed by atoms with Gasteiger partial charge in [0, 0.05) is 5.39 Å². The Balaban J connectivity index is 2.46. The van der Waals surface area contributed by atoms with Gasteiger partial charge in [0.25, 0.3) is 0 Å². The zero-order chi connectivity index (χ0) is 13.0. The standard InChI is InChI=1S/C12H8N6/c1-8-5-10-11(17-15-8)3-2-4-12(10)18-16-9(6-13)7-14/h2-5,18H,1H3. The number of hydrazone groups is 1. The maximum atomic E-state index is 8.60. The number of hydrogen-bond acceptors (Lipinski definition) is 6. The van der Waals surface area contributed by atoms with Crippen LogP contribution in [0.2, 0.25) is 0 Å². The van der Waals surface area contributed by atoms with Crippen LogP contribution >= 0.6 is 0 Å². The van der Waals surface area contributed by atoms with Crippen LogP contribution in [0.4, 0.5) is 5.69 Å². The zero-order valence-corrected chi connectivity index (χ0v) is 9.55. The molecule has 0 aliphatic heterocycles. The second-order valence-electron chi connectivity index (χ2n) is 3.52. The molecule has 0 aliphatic carbocycles. The van der Waals surface area contributed by atoms with Crippen LogP contribution in [0.3, 0.4) is 0 Å². The highest BCUT2D eigenvalue weighted by Crippen LogP contribution is 2.21. The Kier molecular flexibility index (Phi) is 3.13. The minimum atomic E-state index is -0.231.